The zero-order chi connectivity index (χ0) is 22.6. The first-order valence-corrected chi connectivity index (χ1v) is 11.9. The minimum absolute atomic E-state index is 0.0280. The van der Waals surface area contributed by atoms with Gasteiger partial charge in [0.1, 0.15) is 0 Å². The van der Waals surface area contributed by atoms with Gasteiger partial charge in [-0.15, -0.1) is 0 Å². The number of aromatic nitrogens is 2. The fourth-order valence-corrected chi connectivity index (χ4v) is 6.86. The van der Waals surface area contributed by atoms with Crippen molar-refractivity contribution in [1.29, 1.82) is 5.26 Å². The quantitative estimate of drug-likeness (QED) is 0.379. The van der Waals surface area contributed by atoms with Gasteiger partial charge in [-0.25, -0.2) is 0 Å². The molecule has 1 saturated heterocycles. The number of nitrogens with zero attached hydrogens (tertiary/aromatic N) is 4. The molecule has 1 aliphatic heterocycles. The van der Waals surface area contributed by atoms with E-state index in [-0.39, 0.29) is 37.1 Å². The van der Waals surface area contributed by atoms with Gasteiger partial charge in [0.2, 0.25) is 0 Å². The Morgan fingerprint density at radius 2 is 2.00 bits per heavy atom. The van der Waals surface area contributed by atoms with E-state index in [1.54, 1.807) is 0 Å². The van der Waals surface area contributed by atoms with Crippen LogP contribution in [-0.4, -0.2) is 72.5 Å². The summed E-state index contributed by atoms with van der Waals surface area (Å²) in [6.45, 7) is 7.49. The second-order valence-corrected chi connectivity index (χ2v) is 10.7. The summed E-state index contributed by atoms with van der Waals surface area (Å²) in [5.41, 5.74) is 4.76. The second kappa shape index (κ2) is 10.1. The van der Waals surface area contributed by atoms with Crippen LogP contribution in [0.25, 0.3) is 0 Å². The molecule has 1 aromatic heterocycles. The average Bonchev–Trinajstić information content (AvgIpc) is 2.92. The standard InChI is InChI=1S/C18H32N5O6P/c1-11(2)23(12(3)4)30(27,9-5-7-19)28-10-13-15(24)16(25)17(29-13)22-8-6-14(20)21-18(22)26/h6,8,11-13,15-17,24-25,27,30H,5,9-10H2,1-4H3,(H2,20,21,26)/t13-,15-,16-,17-/m1/s1. The van der Waals surface area contributed by atoms with Gasteiger partial charge in [-0.05, 0) is 0 Å². The number of rotatable bonds is 9. The minimum atomic E-state index is -3.52. The number of aliphatic hydroxyl groups is 2. The van der Waals surface area contributed by atoms with E-state index in [2.05, 4.69) is 4.98 Å². The zero-order valence-electron chi connectivity index (χ0n) is 17.7. The monoisotopic (exact) mass is 445 g/mol. The average molecular weight is 445 g/mol. The van der Waals surface area contributed by atoms with Crippen LogP contribution in [-0.2, 0) is 9.26 Å². The maximum atomic E-state index is 12.1. The van der Waals surface area contributed by atoms with Crippen LogP contribution in [0.15, 0.2) is 17.1 Å². The molecule has 5 N–H and O–H groups in total. The molecular formula is C18H32N5O6P. The van der Waals surface area contributed by atoms with Crippen molar-refractivity contribution in [2.75, 3.05) is 18.5 Å². The van der Waals surface area contributed by atoms with Gasteiger partial charge >= 0.3 is 176 Å². The molecule has 0 unspecified atom stereocenters. The predicted octanol–water partition coefficient (Wildman–Crippen LogP) is -0.0190. The first-order valence-electron chi connectivity index (χ1n) is 9.89. The van der Waals surface area contributed by atoms with Gasteiger partial charge < -0.3 is 0 Å². The molecule has 2 heterocycles. The Kier molecular flexibility index (Phi) is 8.30. The molecule has 4 atom stereocenters. The van der Waals surface area contributed by atoms with E-state index in [0.717, 1.165) is 4.57 Å². The van der Waals surface area contributed by atoms with Gasteiger partial charge in [0.05, 0.1) is 0 Å². The first-order chi connectivity index (χ1) is 14.0. The van der Waals surface area contributed by atoms with Gasteiger partial charge in [0.25, 0.3) is 0 Å². The van der Waals surface area contributed by atoms with Crippen molar-refractivity contribution in [2.24, 2.45) is 0 Å². The Morgan fingerprint density at radius 1 is 1.37 bits per heavy atom. The first kappa shape index (κ1) is 24.6. The Hall–Kier alpha value is -1.64. The van der Waals surface area contributed by atoms with Gasteiger partial charge in [0, 0.05) is 0 Å². The number of aliphatic hydroxyl groups excluding tert-OH is 2. The SMILES string of the molecule is CC(C)N(C(C)C)[PH](O)(CCC#N)OC[C@H]1O[C@@H](n2ccc(N)nc2=O)[C@H](O)[C@@H]1O. The molecule has 1 aromatic rings. The van der Waals surface area contributed by atoms with Crippen LogP contribution in [0.4, 0.5) is 5.82 Å². The molecular weight excluding hydrogens is 413 g/mol. The van der Waals surface area contributed by atoms with Crippen LogP contribution >= 0.6 is 7.87 Å². The summed E-state index contributed by atoms with van der Waals surface area (Å²) in [5.74, 6) is 0.0280. The Balaban J connectivity index is 2.19. The molecule has 170 valence electrons. The van der Waals surface area contributed by atoms with E-state index in [9.17, 15) is 19.9 Å². The van der Waals surface area contributed by atoms with Crippen molar-refractivity contribution in [1.82, 2.24) is 14.2 Å². The zero-order valence-corrected chi connectivity index (χ0v) is 18.7. The molecule has 12 heteroatoms. The van der Waals surface area contributed by atoms with Crippen molar-refractivity contribution in [3.05, 3.63) is 22.7 Å². The number of hydrogen-bond acceptors (Lipinski definition) is 10. The number of hydrogen-bond donors (Lipinski definition) is 4. The third-order valence-electron chi connectivity index (χ3n) is 5.02. The third-order valence-corrected chi connectivity index (χ3v) is 8.39. The summed E-state index contributed by atoms with van der Waals surface area (Å²) >= 11 is 0. The molecule has 0 saturated carbocycles. The molecule has 11 nitrogen and oxygen atoms in total. The van der Waals surface area contributed by atoms with Crippen molar-refractivity contribution >= 4 is 13.7 Å². The third kappa shape index (κ3) is 5.34. The Bertz CT molecular complexity index is 807. The molecule has 0 aliphatic carbocycles. The summed E-state index contributed by atoms with van der Waals surface area (Å²) in [4.78, 5) is 27.0. The number of nitrogen functional groups attached to an aromatic ring is 1. The van der Waals surface area contributed by atoms with Gasteiger partial charge in [-0.3, -0.25) is 0 Å². The summed E-state index contributed by atoms with van der Waals surface area (Å²) in [6, 6.07) is 3.34. The van der Waals surface area contributed by atoms with Crippen LogP contribution in [0.5, 0.6) is 0 Å². The van der Waals surface area contributed by atoms with Crippen LogP contribution in [0, 0.1) is 11.3 Å². The Morgan fingerprint density at radius 3 is 2.53 bits per heavy atom. The van der Waals surface area contributed by atoms with Gasteiger partial charge in [0.15, 0.2) is 0 Å². The van der Waals surface area contributed by atoms with Crippen molar-refractivity contribution in [3.63, 3.8) is 0 Å². The maximum absolute atomic E-state index is 12.1. The number of ether oxygens (including phenoxy) is 1. The van der Waals surface area contributed by atoms with Gasteiger partial charge in [-0.1, -0.05) is 0 Å². The molecule has 1 fully saturated rings. The van der Waals surface area contributed by atoms with Crippen molar-refractivity contribution < 1.29 is 24.4 Å². The topological polar surface area (TPSA) is 167 Å². The van der Waals surface area contributed by atoms with E-state index >= 15 is 0 Å². The van der Waals surface area contributed by atoms with E-state index in [1.807, 2.05) is 38.4 Å². The number of nitriles is 1. The van der Waals surface area contributed by atoms with Crippen LogP contribution in [0.3, 0.4) is 0 Å². The molecule has 0 amide bonds. The Labute approximate surface area is 176 Å². The molecule has 0 spiro atoms. The molecule has 0 radical (unpaired) electrons. The van der Waals surface area contributed by atoms with E-state index in [4.69, 9.17) is 20.3 Å². The summed E-state index contributed by atoms with van der Waals surface area (Å²) in [7, 11) is -3.52. The molecule has 1 aliphatic rings. The van der Waals surface area contributed by atoms with Crippen LogP contribution in [0.2, 0.25) is 0 Å². The van der Waals surface area contributed by atoms with E-state index < -0.39 is 38.1 Å². The van der Waals surface area contributed by atoms with E-state index in [0.29, 0.717) is 0 Å². The normalized spacial score (nSPS) is 25.2. The van der Waals surface area contributed by atoms with Crippen molar-refractivity contribution in [3.8, 4) is 6.07 Å². The summed E-state index contributed by atoms with van der Waals surface area (Å²) in [6.07, 6.45) is -3.31. The van der Waals surface area contributed by atoms with Crippen LogP contribution in [0.1, 0.15) is 40.3 Å². The van der Waals surface area contributed by atoms with E-state index in [1.165, 1.54) is 12.3 Å². The fraction of sp³-hybridized carbons (Fsp3) is 0.722. The summed E-state index contributed by atoms with van der Waals surface area (Å²) in [5, 5.41) is 29.8. The van der Waals surface area contributed by atoms with Crippen molar-refractivity contribution in [2.45, 2.75) is 70.7 Å². The predicted molar refractivity (Wildman–Crippen MR) is 113 cm³/mol. The number of anilines is 1. The molecule has 0 bridgehead atoms. The second-order valence-electron chi connectivity index (χ2n) is 7.90. The molecule has 30 heavy (non-hydrogen) atoms. The number of nitrogens with two attached hydrogens (primary N) is 1. The fourth-order valence-electron chi connectivity index (χ4n) is 3.83. The molecule has 2 rings (SSSR count). The molecule has 0 aromatic carbocycles. The van der Waals surface area contributed by atoms with Gasteiger partial charge in [-0.2, -0.15) is 0 Å². The summed E-state index contributed by atoms with van der Waals surface area (Å²) < 4.78 is 14.5. The van der Waals surface area contributed by atoms with Crippen LogP contribution < -0.4 is 11.4 Å².